The monoisotopic (exact) mass is 907 g/mol. The summed E-state index contributed by atoms with van der Waals surface area (Å²) in [6, 6.07) is 0. The lowest BCUT2D eigenvalue weighted by molar-refractivity contribution is -0.167. The Hall–Kier alpha value is -3.15. The van der Waals surface area contributed by atoms with Crippen LogP contribution >= 0.6 is 0 Å². The first-order valence-electron chi connectivity index (χ1n) is 27.5. The molecule has 1 unspecified atom stereocenters. The molecule has 1 atom stereocenters. The summed E-state index contributed by atoms with van der Waals surface area (Å²) in [4.78, 5) is 38.0. The minimum Gasteiger partial charge on any atom is -0.462 e. The number of hydrogen-bond donors (Lipinski definition) is 0. The maximum absolute atomic E-state index is 12.8. The average molecular weight is 907 g/mol. The fraction of sp³-hybridized carbons (Fsp3) is 0.746. The summed E-state index contributed by atoms with van der Waals surface area (Å²) in [5.41, 5.74) is 0. The van der Waals surface area contributed by atoms with Crippen LogP contribution in [0.15, 0.2) is 72.9 Å². The van der Waals surface area contributed by atoms with Crippen molar-refractivity contribution in [2.45, 2.75) is 271 Å². The number of carbonyl (C=O) groups excluding carboxylic acids is 3. The summed E-state index contributed by atoms with van der Waals surface area (Å²) >= 11 is 0. The van der Waals surface area contributed by atoms with E-state index in [1.807, 2.05) is 30.4 Å². The van der Waals surface area contributed by atoms with Crippen LogP contribution in [-0.4, -0.2) is 37.2 Å². The Bertz CT molecular complexity index is 1230. The molecule has 0 aliphatic heterocycles. The molecule has 0 aromatic heterocycles. The van der Waals surface area contributed by atoms with Gasteiger partial charge in [-0.1, -0.05) is 229 Å². The maximum atomic E-state index is 12.8. The van der Waals surface area contributed by atoms with Crippen molar-refractivity contribution in [3.63, 3.8) is 0 Å². The lowest BCUT2D eigenvalue weighted by Crippen LogP contribution is -2.30. The van der Waals surface area contributed by atoms with E-state index in [1.54, 1.807) is 0 Å². The number of rotatable bonds is 49. The molecule has 0 spiro atoms. The molecule has 0 fully saturated rings. The molecule has 6 nitrogen and oxygen atoms in total. The highest BCUT2D eigenvalue weighted by atomic mass is 16.6. The van der Waals surface area contributed by atoms with Gasteiger partial charge in [0, 0.05) is 19.3 Å². The first-order valence-corrected chi connectivity index (χ1v) is 27.5. The zero-order valence-electron chi connectivity index (χ0n) is 42.7. The fourth-order valence-electron chi connectivity index (χ4n) is 7.62. The molecule has 0 aliphatic carbocycles. The van der Waals surface area contributed by atoms with Gasteiger partial charge in [-0.15, -0.1) is 0 Å². The predicted molar refractivity (Wildman–Crippen MR) is 279 cm³/mol. The Balaban J connectivity index is 4.40. The second kappa shape index (κ2) is 53.5. The van der Waals surface area contributed by atoms with Gasteiger partial charge in [-0.3, -0.25) is 14.4 Å². The van der Waals surface area contributed by atoms with E-state index in [-0.39, 0.29) is 31.1 Å². The molecule has 65 heavy (non-hydrogen) atoms. The summed E-state index contributed by atoms with van der Waals surface area (Å²) in [6.07, 6.45) is 67.5. The highest BCUT2D eigenvalue weighted by Gasteiger charge is 2.19. The maximum Gasteiger partial charge on any atom is 0.306 e. The smallest absolute Gasteiger partial charge is 0.306 e. The van der Waals surface area contributed by atoms with Gasteiger partial charge in [-0.05, 0) is 89.9 Å². The van der Waals surface area contributed by atoms with Crippen LogP contribution in [-0.2, 0) is 28.6 Å². The van der Waals surface area contributed by atoms with Crippen LogP contribution in [0.2, 0.25) is 0 Å². The van der Waals surface area contributed by atoms with Gasteiger partial charge in [0.2, 0.25) is 0 Å². The van der Waals surface area contributed by atoms with Gasteiger partial charge >= 0.3 is 17.9 Å². The van der Waals surface area contributed by atoms with Gasteiger partial charge < -0.3 is 14.2 Å². The quantitative estimate of drug-likeness (QED) is 0.0199. The van der Waals surface area contributed by atoms with Gasteiger partial charge in [0.05, 0.1) is 0 Å². The molecule has 0 rings (SSSR count). The molecule has 0 aromatic rings. The SMILES string of the molecule is CC\C=C/C=C\C=C/C=C\CCCCCC(=O)OCC(COC(=O)CCCCCCCCC/C=C\CCCCCCCCCC)OC(=O)CCCCCCCCC/C=C\CCCCCC. The summed E-state index contributed by atoms with van der Waals surface area (Å²) in [7, 11) is 0. The molecular weight excluding hydrogens is 805 g/mol. The molecule has 0 amide bonds. The van der Waals surface area contributed by atoms with E-state index in [1.165, 1.54) is 154 Å². The van der Waals surface area contributed by atoms with Gasteiger partial charge in [-0.2, -0.15) is 0 Å². The van der Waals surface area contributed by atoms with E-state index < -0.39 is 6.10 Å². The summed E-state index contributed by atoms with van der Waals surface area (Å²) in [6.45, 7) is 6.46. The lowest BCUT2D eigenvalue weighted by Gasteiger charge is -2.18. The van der Waals surface area contributed by atoms with Crippen molar-refractivity contribution in [3.8, 4) is 0 Å². The number of hydrogen-bond acceptors (Lipinski definition) is 6. The first kappa shape index (κ1) is 61.9. The third-order valence-electron chi connectivity index (χ3n) is 11.8. The highest BCUT2D eigenvalue weighted by molar-refractivity contribution is 5.71. The molecule has 0 aliphatic rings. The van der Waals surface area contributed by atoms with Crippen LogP contribution in [0, 0.1) is 0 Å². The highest BCUT2D eigenvalue weighted by Crippen LogP contribution is 2.15. The van der Waals surface area contributed by atoms with Gasteiger partial charge in [0.15, 0.2) is 6.10 Å². The summed E-state index contributed by atoms with van der Waals surface area (Å²) < 4.78 is 16.8. The molecule has 0 saturated carbocycles. The van der Waals surface area contributed by atoms with Crippen molar-refractivity contribution >= 4 is 17.9 Å². The van der Waals surface area contributed by atoms with Crippen molar-refractivity contribution in [1.82, 2.24) is 0 Å². The second-order valence-corrected chi connectivity index (χ2v) is 18.2. The molecule has 0 bridgehead atoms. The Morgan fingerprint density at radius 2 is 0.615 bits per heavy atom. The molecular formula is C59H102O6. The number of ether oxygens (including phenoxy) is 3. The van der Waals surface area contributed by atoms with Crippen LogP contribution in [0.4, 0.5) is 0 Å². The molecule has 0 aromatic carbocycles. The first-order chi connectivity index (χ1) is 32.0. The summed E-state index contributed by atoms with van der Waals surface area (Å²) in [5, 5.41) is 0. The van der Waals surface area contributed by atoms with Gasteiger partial charge in [-0.25, -0.2) is 0 Å². The second-order valence-electron chi connectivity index (χ2n) is 18.2. The van der Waals surface area contributed by atoms with Crippen molar-refractivity contribution in [2.75, 3.05) is 13.2 Å². The van der Waals surface area contributed by atoms with Crippen LogP contribution in [0.5, 0.6) is 0 Å². The molecule has 0 saturated heterocycles. The largest absolute Gasteiger partial charge is 0.462 e. The Kier molecular flexibility index (Phi) is 50.9. The van der Waals surface area contributed by atoms with Crippen LogP contribution in [0.1, 0.15) is 265 Å². The minimum absolute atomic E-state index is 0.0918. The third kappa shape index (κ3) is 51.7. The standard InChI is InChI=1S/C59H102O6/c1-4-7-10-13-16-19-22-25-27-28-29-30-32-34-37-40-43-46-49-52-58(61)64-55-56(54-63-57(60)51-48-45-42-39-36-33-24-21-18-15-12-9-6-3)65-59(62)53-50-47-44-41-38-35-31-26-23-20-17-14-11-8-5-2/h9,12,15,18,20-21,23-24,28-29,33,36,56H,4-8,10-11,13-14,16-17,19,22,25-27,30-32,34-35,37-55H2,1-3H3/b12-9-,18-15-,23-20-,24-21-,29-28-,36-33-. The van der Waals surface area contributed by atoms with Gasteiger partial charge in [0.1, 0.15) is 13.2 Å². The number of unbranched alkanes of at least 4 members (excludes halogenated alkanes) is 29. The number of esters is 3. The van der Waals surface area contributed by atoms with E-state index >= 15 is 0 Å². The average Bonchev–Trinajstić information content (AvgIpc) is 3.30. The molecule has 6 heteroatoms. The van der Waals surface area contributed by atoms with E-state index in [9.17, 15) is 14.4 Å². The predicted octanol–water partition coefficient (Wildman–Crippen LogP) is 18.2. The van der Waals surface area contributed by atoms with Crippen LogP contribution in [0.25, 0.3) is 0 Å². The molecule has 0 N–H and O–H groups in total. The fourth-order valence-corrected chi connectivity index (χ4v) is 7.62. The van der Waals surface area contributed by atoms with Crippen molar-refractivity contribution in [3.05, 3.63) is 72.9 Å². The van der Waals surface area contributed by atoms with Crippen molar-refractivity contribution < 1.29 is 28.6 Å². The topological polar surface area (TPSA) is 78.9 Å². The Morgan fingerprint density at radius 3 is 1.02 bits per heavy atom. The molecule has 0 radical (unpaired) electrons. The Morgan fingerprint density at radius 1 is 0.323 bits per heavy atom. The number of carbonyl (C=O) groups is 3. The van der Waals surface area contributed by atoms with Crippen molar-refractivity contribution in [1.29, 1.82) is 0 Å². The minimum atomic E-state index is -0.795. The van der Waals surface area contributed by atoms with E-state index in [2.05, 4.69) is 63.3 Å². The molecule has 0 heterocycles. The van der Waals surface area contributed by atoms with Gasteiger partial charge in [0.25, 0.3) is 0 Å². The zero-order chi connectivity index (χ0) is 47.2. The van der Waals surface area contributed by atoms with Crippen molar-refractivity contribution in [2.24, 2.45) is 0 Å². The molecule has 374 valence electrons. The Labute approximate surface area is 402 Å². The van der Waals surface area contributed by atoms with E-state index in [0.29, 0.717) is 19.3 Å². The van der Waals surface area contributed by atoms with Crippen LogP contribution < -0.4 is 0 Å². The van der Waals surface area contributed by atoms with Crippen LogP contribution in [0.3, 0.4) is 0 Å². The zero-order valence-corrected chi connectivity index (χ0v) is 42.7. The van der Waals surface area contributed by atoms with E-state index in [4.69, 9.17) is 14.2 Å². The normalized spacial score (nSPS) is 12.6. The lowest BCUT2D eigenvalue weighted by atomic mass is 10.1. The summed E-state index contributed by atoms with van der Waals surface area (Å²) in [5.74, 6) is -0.936. The third-order valence-corrected chi connectivity index (χ3v) is 11.8. The number of allylic oxidation sites excluding steroid dienone is 12. The van der Waals surface area contributed by atoms with E-state index in [0.717, 1.165) is 70.6 Å².